The van der Waals surface area contributed by atoms with Gasteiger partial charge >= 0.3 is 0 Å². The van der Waals surface area contributed by atoms with Crippen LogP contribution in [0.1, 0.15) is 30.8 Å². The summed E-state index contributed by atoms with van der Waals surface area (Å²) < 4.78 is 2.00. The maximum atomic E-state index is 6.38. The predicted molar refractivity (Wildman–Crippen MR) is 79.0 cm³/mol. The first kappa shape index (κ1) is 14.1. The van der Waals surface area contributed by atoms with Crippen molar-refractivity contribution in [2.24, 2.45) is 12.8 Å². The number of hydrogen-bond donors (Lipinski definition) is 1. The van der Waals surface area contributed by atoms with Gasteiger partial charge in [0.15, 0.2) is 5.16 Å². The van der Waals surface area contributed by atoms with Crippen LogP contribution in [0.4, 0.5) is 0 Å². The minimum atomic E-state index is 0.00760. The van der Waals surface area contributed by atoms with E-state index in [2.05, 4.69) is 29.3 Å². The van der Waals surface area contributed by atoms with Crippen LogP contribution in [0.3, 0.4) is 0 Å². The first-order valence-corrected chi connectivity index (χ1v) is 7.34. The molecule has 0 saturated carbocycles. The summed E-state index contributed by atoms with van der Waals surface area (Å²) in [5.74, 6) is 0.922. The zero-order valence-corrected chi connectivity index (χ0v) is 12.4. The van der Waals surface area contributed by atoms with Crippen molar-refractivity contribution in [1.29, 1.82) is 0 Å². The molecule has 2 aromatic rings. The number of aryl methyl sites for hydroxylation is 1. The smallest absolute Gasteiger partial charge is 0.191 e. The van der Waals surface area contributed by atoms with Crippen molar-refractivity contribution in [3.8, 4) is 0 Å². The van der Waals surface area contributed by atoms with E-state index in [1.165, 1.54) is 5.56 Å². The van der Waals surface area contributed by atoms with Crippen molar-refractivity contribution in [3.05, 3.63) is 41.7 Å². The lowest BCUT2D eigenvalue weighted by Gasteiger charge is -2.21. The molecule has 0 saturated heterocycles. The van der Waals surface area contributed by atoms with Crippen LogP contribution in [0.25, 0.3) is 0 Å². The lowest BCUT2D eigenvalue weighted by Crippen LogP contribution is -2.23. The second-order valence-corrected chi connectivity index (χ2v) is 5.80. The van der Waals surface area contributed by atoms with Crippen molar-refractivity contribution in [2.45, 2.75) is 36.7 Å². The second-order valence-electron chi connectivity index (χ2n) is 4.59. The average Bonchev–Trinajstić information content (AvgIpc) is 2.76. The van der Waals surface area contributed by atoms with Gasteiger partial charge in [0.2, 0.25) is 0 Å². The monoisotopic (exact) mass is 276 g/mol. The van der Waals surface area contributed by atoms with Gasteiger partial charge in [0, 0.05) is 18.3 Å². The Morgan fingerprint density at radius 2 is 1.95 bits per heavy atom. The highest BCUT2D eigenvalue weighted by atomic mass is 32.2. The van der Waals surface area contributed by atoms with Gasteiger partial charge in [-0.05, 0) is 18.9 Å². The Kier molecular flexibility index (Phi) is 4.61. The minimum absolute atomic E-state index is 0.00760. The second kappa shape index (κ2) is 6.21. The first-order chi connectivity index (χ1) is 9.13. The van der Waals surface area contributed by atoms with Crippen molar-refractivity contribution in [1.82, 2.24) is 14.8 Å². The molecule has 5 heteroatoms. The van der Waals surface area contributed by atoms with Crippen molar-refractivity contribution in [2.75, 3.05) is 0 Å². The molecule has 2 atom stereocenters. The van der Waals surface area contributed by atoms with E-state index in [0.29, 0.717) is 5.25 Å². The van der Waals surface area contributed by atoms with Crippen LogP contribution in [0, 0.1) is 6.92 Å². The summed E-state index contributed by atoms with van der Waals surface area (Å²) in [6.45, 7) is 4.11. The number of nitrogens with zero attached hydrogens (tertiary/aromatic N) is 3. The maximum absolute atomic E-state index is 6.38. The van der Waals surface area contributed by atoms with Crippen LogP contribution < -0.4 is 5.73 Å². The van der Waals surface area contributed by atoms with Gasteiger partial charge in [0.1, 0.15) is 5.82 Å². The number of thioether (sulfide) groups is 1. The minimum Gasteiger partial charge on any atom is -0.323 e. The summed E-state index contributed by atoms with van der Waals surface area (Å²) in [7, 11) is 1.98. The van der Waals surface area contributed by atoms with Gasteiger partial charge in [-0.3, -0.25) is 0 Å². The van der Waals surface area contributed by atoms with Gasteiger partial charge in [-0.25, -0.2) is 0 Å². The summed E-state index contributed by atoms with van der Waals surface area (Å²) >= 11 is 1.70. The van der Waals surface area contributed by atoms with Crippen LogP contribution in [0.5, 0.6) is 0 Å². The molecule has 0 aliphatic carbocycles. The molecule has 0 aliphatic heterocycles. The Balaban J connectivity index is 2.14. The topological polar surface area (TPSA) is 56.7 Å². The molecule has 1 heterocycles. The lowest BCUT2D eigenvalue weighted by molar-refractivity contribution is 0.649. The SMILES string of the molecule is CCC(Sc1nnc(C)n1C)C(N)c1ccccc1. The molecule has 2 rings (SSSR count). The Labute approximate surface area is 118 Å². The van der Waals surface area contributed by atoms with Crippen LogP contribution in [-0.4, -0.2) is 20.0 Å². The normalized spacial score (nSPS) is 14.3. The van der Waals surface area contributed by atoms with Gasteiger partial charge in [-0.15, -0.1) is 10.2 Å². The van der Waals surface area contributed by atoms with Gasteiger partial charge in [-0.2, -0.15) is 0 Å². The molecule has 0 spiro atoms. The Morgan fingerprint density at radius 3 is 2.47 bits per heavy atom. The van der Waals surface area contributed by atoms with Crippen LogP contribution in [-0.2, 0) is 7.05 Å². The molecule has 4 nitrogen and oxygen atoms in total. The quantitative estimate of drug-likeness (QED) is 0.853. The van der Waals surface area contributed by atoms with E-state index >= 15 is 0 Å². The molecule has 2 N–H and O–H groups in total. The Hall–Kier alpha value is -1.33. The van der Waals surface area contributed by atoms with Crippen molar-refractivity contribution in [3.63, 3.8) is 0 Å². The summed E-state index contributed by atoms with van der Waals surface area (Å²) in [4.78, 5) is 0. The van der Waals surface area contributed by atoms with Crippen molar-refractivity contribution < 1.29 is 0 Å². The van der Waals surface area contributed by atoms with Gasteiger partial charge in [0.25, 0.3) is 0 Å². The van der Waals surface area contributed by atoms with Crippen LogP contribution in [0.15, 0.2) is 35.5 Å². The van der Waals surface area contributed by atoms with E-state index in [4.69, 9.17) is 5.73 Å². The molecule has 0 amide bonds. The molecule has 0 aliphatic rings. The molecule has 1 aromatic heterocycles. The number of rotatable bonds is 5. The third-order valence-corrected chi connectivity index (χ3v) is 4.79. The fourth-order valence-electron chi connectivity index (χ4n) is 1.93. The van der Waals surface area contributed by atoms with Crippen LogP contribution >= 0.6 is 11.8 Å². The molecule has 0 fully saturated rings. The van der Waals surface area contributed by atoms with Crippen LogP contribution in [0.2, 0.25) is 0 Å². The van der Waals surface area contributed by atoms with E-state index in [1.807, 2.05) is 36.7 Å². The molecular formula is C14H20N4S. The number of nitrogens with two attached hydrogens (primary N) is 1. The largest absolute Gasteiger partial charge is 0.323 e. The number of aromatic nitrogens is 3. The van der Waals surface area contributed by atoms with E-state index in [1.54, 1.807) is 11.8 Å². The lowest BCUT2D eigenvalue weighted by atomic mass is 10.0. The highest BCUT2D eigenvalue weighted by Crippen LogP contribution is 2.31. The highest BCUT2D eigenvalue weighted by Gasteiger charge is 2.21. The molecule has 0 radical (unpaired) electrons. The van der Waals surface area contributed by atoms with Gasteiger partial charge in [0.05, 0.1) is 0 Å². The summed E-state index contributed by atoms with van der Waals surface area (Å²) in [5, 5.41) is 9.51. The average molecular weight is 276 g/mol. The third-order valence-electron chi connectivity index (χ3n) is 3.30. The van der Waals surface area contributed by atoms with E-state index < -0.39 is 0 Å². The maximum Gasteiger partial charge on any atom is 0.191 e. The summed E-state index contributed by atoms with van der Waals surface area (Å²) in [5.41, 5.74) is 7.54. The molecule has 2 unspecified atom stereocenters. The first-order valence-electron chi connectivity index (χ1n) is 6.46. The fraction of sp³-hybridized carbons (Fsp3) is 0.429. The van der Waals surface area contributed by atoms with Gasteiger partial charge in [-0.1, -0.05) is 49.0 Å². The molecule has 1 aromatic carbocycles. The molecular weight excluding hydrogens is 256 g/mol. The molecule has 102 valence electrons. The predicted octanol–water partition coefficient (Wildman–Crippen LogP) is 2.69. The number of hydrogen-bond acceptors (Lipinski definition) is 4. The zero-order chi connectivity index (χ0) is 13.8. The number of benzene rings is 1. The third kappa shape index (κ3) is 3.16. The Bertz CT molecular complexity index is 523. The summed E-state index contributed by atoms with van der Waals surface area (Å²) in [6.07, 6.45) is 0.993. The van der Waals surface area contributed by atoms with Gasteiger partial charge < -0.3 is 10.3 Å². The van der Waals surface area contributed by atoms with E-state index in [9.17, 15) is 0 Å². The van der Waals surface area contributed by atoms with Crippen molar-refractivity contribution >= 4 is 11.8 Å². The molecule has 0 bridgehead atoms. The fourth-order valence-corrected chi connectivity index (χ4v) is 3.05. The zero-order valence-electron chi connectivity index (χ0n) is 11.6. The van der Waals surface area contributed by atoms with E-state index in [0.717, 1.165) is 17.4 Å². The standard InChI is InChI=1S/C14H20N4S/c1-4-12(13(15)11-8-6-5-7-9-11)19-14-17-16-10(2)18(14)3/h5-9,12-13H,4,15H2,1-3H3. The molecule has 19 heavy (non-hydrogen) atoms. The van der Waals surface area contributed by atoms with E-state index in [-0.39, 0.29) is 6.04 Å². The Morgan fingerprint density at radius 1 is 1.26 bits per heavy atom. The summed E-state index contributed by atoms with van der Waals surface area (Å²) in [6, 6.07) is 10.2. The highest BCUT2D eigenvalue weighted by molar-refractivity contribution is 7.99.